The third-order valence-electron chi connectivity index (χ3n) is 3.37. The molecule has 0 bridgehead atoms. The molecule has 2 unspecified atom stereocenters. The highest BCUT2D eigenvalue weighted by Crippen LogP contribution is 2.25. The Morgan fingerprint density at radius 2 is 1.90 bits per heavy atom. The van der Waals surface area contributed by atoms with Crippen LogP contribution in [-0.2, 0) is 0 Å². The van der Waals surface area contributed by atoms with Gasteiger partial charge in [-0.3, -0.25) is 0 Å². The minimum Gasteiger partial charge on any atom is -0.392 e. The van der Waals surface area contributed by atoms with E-state index in [2.05, 4.69) is 43.6 Å². The van der Waals surface area contributed by atoms with Crippen molar-refractivity contribution >= 4 is 11.3 Å². The van der Waals surface area contributed by atoms with Crippen LogP contribution in [0.1, 0.15) is 38.2 Å². The maximum absolute atomic E-state index is 9.92. The van der Waals surface area contributed by atoms with Gasteiger partial charge in [0.15, 0.2) is 0 Å². The predicted molar refractivity (Wildman–Crippen MR) is 89.4 cm³/mol. The summed E-state index contributed by atoms with van der Waals surface area (Å²) in [6, 6.07) is 10.4. The van der Waals surface area contributed by atoms with E-state index >= 15 is 0 Å². The summed E-state index contributed by atoms with van der Waals surface area (Å²) in [5.41, 5.74) is 2.17. The number of aromatic nitrogens is 1. The Kier molecular flexibility index (Phi) is 5.91. The minimum absolute atomic E-state index is 0.161. The van der Waals surface area contributed by atoms with Gasteiger partial charge in [0.2, 0.25) is 0 Å². The summed E-state index contributed by atoms with van der Waals surface area (Å²) < 4.78 is 0. The lowest BCUT2D eigenvalue weighted by Gasteiger charge is -2.16. The quantitative estimate of drug-likeness (QED) is 0.816. The van der Waals surface area contributed by atoms with E-state index in [4.69, 9.17) is 4.98 Å². The van der Waals surface area contributed by atoms with Crippen molar-refractivity contribution in [3.05, 3.63) is 40.7 Å². The van der Waals surface area contributed by atoms with Crippen LogP contribution in [0.25, 0.3) is 11.3 Å². The van der Waals surface area contributed by atoms with E-state index in [1.807, 2.05) is 18.2 Å². The number of benzene rings is 1. The number of rotatable bonds is 7. The first-order chi connectivity index (χ1) is 10.1. The summed E-state index contributed by atoms with van der Waals surface area (Å²) in [5.74, 6) is 0.515. The van der Waals surface area contributed by atoms with Crippen LogP contribution >= 0.6 is 11.3 Å². The number of aliphatic hydroxyl groups excluding tert-OH is 1. The third-order valence-corrected chi connectivity index (χ3v) is 4.39. The largest absolute Gasteiger partial charge is 0.392 e. The number of hydrogen-bond acceptors (Lipinski definition) is 4. The minimum atomic E-state index is -0.291. The predicted octanol–water partition coefficient (Wildman–Crippen LogP) is 3.87. The molecule has 0 fully saturated rings. The number of hydrogen-bond donors (Lipinski definition) is 2. The molecular weight excluding hydrogens is 280 g/mol. The van der Waals surface area contributed by atoms with Crippen molar-refractivity contribution in [2.75, 3.05) is 6.54 Å². The van der Waals surface area contributed by atoms with Gasteiger partial charge < -0.3 is 10.4 Å². The lowest BCUT2D eigenvalue weighted by Crippen LogP contribution is -2.29. The summed E-state index contributed by atoms with van der Waals surface area (Å²) in [6.07, 6.45) is 0.536. The zero-order valence-electron chi connectivity index (χ0n) is 12.9. The fourth-order valence-corrected chi connectivity index (χ4v) is 3.12. The molecule has 1 heterocycles. The Hall–Kier alpha value is -1.23. The number of aliphatic hydroxyl groups is 1. The fraction of sp³-hybridized carbons (Fsp3) is 0.471. The van der Waals surface area contributed by atoms with Crippen molar-refractivity contribution in [2.24, 2.45) is 5.92 Å². The summed E-state index contributed by atoms with van der Waals surface area (Å²) in [4.78, 5) is 4.69. The molecule has 2 atom stereocenters. The summed E-state index contributed by atoms with van der Waals surface area (Å²) in [7, 11) is 0. The van der Waals surface area contributed by atoms with Gasteiger partial charge in [-0.25, -0.2) is 4.98 Å². The molecule has 0 saturated carbocycles. The second kappa shape index (κ2) is 7.69. The van der Waals surface area contributed by atoms with Crippen molar-refractivity contribution in [3.63, 3.8) is 0 Å². The van der Waals surface area contributed by atoms with Crippen molar-refractivity contribution in [2.45, 2.75) is 39.3 Å². The van der Waals surface area contributed by atoms with Gasteiger partial charge in [-0.15, -0.1) is 11.3 Å². The number of nitrogens with one attached hydrogen (secondary N) is 1. The summed E-state index contributed by atoms with van der Waals surface area (Å²) in [6.45, 7) is 6.95. The fourth-order valence-electron chi connectivity index (χ4n) is 2.26. The molecule has 114 valence electrons. The summed E-state index contributed by atoms with van der Waals surface area (Å²) in [5, 5.41) is 16.4. The van der Waals surface area contributed by atoms with Gasteiger partial charge in [0.05, 0.1) is 17.8 Å². The molecule has 1 aromatic heterocycles. The average molecular weight is 304 g/mol. The Morgan fingerprint density at radius 3 is 2.57 bits per heavy atom. The van der Waals surface area contributed by atoms with Crippen LogP contribution in [0.15, 0.2) is 35.7 Å². The van der Waals surface area contributed by atoms with Gasteiger partial charge in [0.25, 0.3) is 0 Å². The van der Waals surface area contributed by atoms with E-state index in [0.717, 1.165) is 22.7 Å². The van der Waals surface area contributed by atoms with Crippen LogP contribution in [-0.4, -0.2) is 22.7 Å². The monoisotopic (exact) mass is 304 g/mol. The molecular formula is C17H24N2OS. The molecule has 0 aliphatic heterocycles. The molecule has 2 rings (SSSR count). The lowest BCUT2D eigenvalue weighted by atomic mass is 10.1. The maximum Gasteiger partial charge on any atom is 0.110 e. The van der Waals surface area contributed by atoms with E-state index < -0.39 is 0 Å². The first kappa shape index (κ1) is 16.1. The van der Waals surface area contributed by atoms with Gasteiger partial charge in [-0.05, 0) is 19.3 Å². The van der Waals surface area contributed by atoms with Crippen LogP contribution in [0.4, 0.5) is 0 Å². The maximum atomic E-state index is 9.92. The standard InChI is InChI=1S/C17H24N2OS/c1-12(2)9-15(20)10-18-13(3)17-19-16(11-21-17)14-7-5-4-6-8-14/h4-8,11-13,15,18,20H,9-10H2,1-3H3. The van der Waals surface area contributed by atoms with Crippen LogP contribution in [0, 0.1) is 5.92 Å². The molecule has 3 nitrogen and oxygen atoms in total. The second-order valence-electron chi connectivity index (χ2n) is 5.85. The van der Waals surface area contributed by atoms with Crippen LogP contribution < -0.4 is 5.32 Å². The van der Waals surface area contributed by atoms with E-state index in [1.54, 1.807) is 11.3 Å². The molecule has 1 aromatic carbocycles. The van der Waals surface area contributed by atoms with Gasteiger partial charge in [0.1, 0.15) is 5.01 Å². The number of nitrogens with zero attached hydrogens (tertiary/aromatic N) is 1. The molecule has 0 radical (unpaired) electrons. The second-order valence-corrected chi connectivity index (χ2v) is 6.74. The first-order valence-corrected chi connectivity index (χ1v) is 8.36. The SMILES string of the molecule is CC(C)CC(O)CNC(C)c1nc(-c2ccccc2)cs1. The van der Waals surface area contributed by atoms with Gasteiger partial charge in [0, 0.05) is 17.5 Å². The van der Waals surface area contributed by atoms with Crippen LogP contribution in [0.2, 0.25) is 0 Å². The number of thiazole rings is 1. The molecule has 21 heavy (non-hydrogen) atoms. The lowest BCUT2D eigenvalue weighted by molar-refractivity contribution is 0.143. The Morgan fingerprint density at radius 1 is 1.19 bits per heavy atom. The third kappa shape index (κ3) is 4.92. The van der Waals surface area contributed by atoms with Crippen molar-refractivity contribution < 1.29 is 5.11 Å². The highest BCUT2D eigenvalue weighted by molar-refractivity contribution is 7.10. The van der Waals surface area contributed by atoms with E-state index in [9.17, 15) is 5.11 Å². The molecule has 4 heteroatoms. The topological polar surface area (TPSA) is 45.1 Å². The molecule has 2 aromatic rings. The normalized spacial score (nSPS) is 14.3. The summed E-state index contributed by atoms with van der Waals surface area (Å²) >= 11 is 1.66. The zero-order chi connectivity index (χ0) is 15.2. The molecule has 2 N–H and O–H groups in total. The first-order valence-electron chi connectivity index (χ1n) is 7.48. The van der Waals surface area contributed by atoms with Gasteiger partial charge in [-0.1, -0.05) is 44.2 Å². The Labute approximate surface area is 131 Å². The highest BCUT2D eigenvalue weighted by atomic mass is 32.1. The van der Waals surface area contributed by atoms with Crippen molar-refractivity contribution in [3.8, 4) is 11.3 Å². The smallest absolute Gasteiger partial charge is 0.110 e. The van der Waals surface area contributed by atoms with Gasteiger partial charge in [-0.2, -0.15) is 0 Å². The molecule has 0 spiro atoms. The average Bonchev–Trinajstić information content (AvgIpc) is 2.95. The molecule has 0 aliphatic carbocycles. The van der Waals surface area contributed by atoms with E-state index in [-0.39, 0.29) is 12.1 Å². The highest BCUT2D eigenvalue weighted by Gasteiger charge is 2.13. The Bertz CT molecular complexity index is 539. The van der Waals surface area contributed by atoms with Gasteiger partial charge >= 0.3 is 0 Å². The Balaban J connectivity index is 1.92. The van der Waals surface area contributed by atoms with Crippen molar-refractivity contribution in [1.29, 1.82) is 0 Å². The van der Waals surface area contributed by atoms with Crippen LogP contribution in [0.5, 0.6) is 0 Å². The zero-order valence-corrected chi connectivity index (χ0v) is 13.7. The van der Waals surface area contributed by atoms with Crippen molar-refractivity contribution in [1.82, 2.24) is 10.3 Å². The van der Waals surface area contributed by atoms with E-state index in [0.29, 0.717) is 12.5 Å². The molecule has 0 amide bonds. The molecule has 0 saturated heterocycles. The van der Waals surface area contributed by atoms with E-state index in [1.165, 1.54) is 0 Å². The molecule has 0 aliphatic rings. The van der Waals surface area contributed by atoms with Crippen LogP contribution in [0.3, 0.4) is 0 Å².